The van der Waals surface area contributed by atoms with Crippen molar-refractivity contribution < 1.29 is 9.31 Å². The third-order valence-corrected chi connectivity index (χ3v) is 4.17. The summed E-state index contributed by atoms with van der Waals surface area (Å²) in [6.45, 7) is 10.5. The van der Waals surface area contributed by atoms with Crippen molar-refractivity contribution in [1.82, 2.24) is 0 Å². The quantitative estimate of drug-likeness (QED) is 0.773. The van der Waals surface area contributed by atoms with Gasteiger partial charge in [-0.1, -0.05) is 37.6 Å². The van der Waals surface area contributed by atoms with Gasteiger partial charge in [-0.15, -0.1) is 0 Å². The average molecular weight is 259 g/mol. The molecule has 1 radical (unpaired) electrons. The van der Waals surface area contributed by atoms with Crippen LogP contribution in [0.2, 0.25) is 0 Å². The van der Waals surface area contributed by atoms with Crippen molar-refractivity contribution >= 4 is 12.6 Å². The van der Waals surface area contributed by atoms with Crippen molar-refractivity contribution in [2.75, 3.05) is 0 Å². The molecular weight excluding hydrogens is 235 g/mol. The molecule has 0 saturated carbocycles. The van der Waals surface area contributed by atoms with E-state index in [1.165, 1.54) is 5.56 Å². The van der Waals surface area contributed by atoms with Crippen LogP contribution in [0.3, 0.4) is 0 Å². The molecule has 0 amide bonds. The summed E-state index contributed by atoms with van der Waals surface area (Å²) < 4.78 is 12.1. The molecule has 19 heavy (non-hydrogen) atoms. The Bertz CT molecular complexity index is 407. The molecular formula is C16H24BO2. The Morgan fingerprint density at radius 2 is 1.53 bits per heavy atom. The second-order valence-corrected chi connectivity index (χ2v) is 6.23. The SMILES string of the molecule is CC[CH]Cc1ccc(B2OC(C)(C)C(C)(C)O2)cc1. The Labute approximate surface area is 117 Å². The second-order valence-electron chi connectivity index (χ2n) is 6.23. The molecule has 1 saturated heterocycles. The van der Waals surface area contributed by atoms with E-state index in [9.17, 15) is 0 Å². The standard InChI is InChI=1S/C16H24BO2/c1-6-7-8-13-9-11-14(12-10-13)17-18-15(2,3)16(4,5)19-17/h7,9-12H,6,8H2,1-5H3. The molecule has 1 aromatic rings. The maximum absolute atomic E-state index is 6.04. The number of unbranched alkanes of at least 4 members (excludes halogenated alkanes) is 1. The first-order valence-electron chi connectivity index (χ1n) is 7.12. The molecule has 1 fully saturated rings. The van der Waals surface area contributed by atoms with Gasteiger partial charge < -0.3 is 9.31 Å². The number of hydrogen-bond donors (Lipinski definition) is 0. The first-order valence-corrected chi connectivity index (χ1v) is 7.12. The van der Waals surface area contributed by atoms with Crippen LogP contribution in [-0.4, -0.2) is 18.3 Å². The van der Waals surface area contributed by atoms with Gasteiger partial charge in [-0.2, -0.15) is 0 Å². The first kappa shape index (κ1) is 14.6. The molecule has 3 heteroatoms. The highest BCUT2D eigenvalue weighted by Gasteiger charge is 2.51. The summed E-state index contributed by atoms with van der Waals surface area (Å²) in [7, 11) is -0.255. The Hall–Kier alpha value is -0.795. The van der Waals surface area contributed by atoms with Gasteiger partial charge in [-0.25, -0.2) is 0 Å². The van der Waals surface area contributed by atoms with Gasteiger partial charge in [0.25, 0.3) is 0 Å². The molecule has 0 N–H and O–H groups in total. The lowest BCUT2D eigenvalue weighted by Gasteiger charge is -2.32. The Balaban J connectivity index is 2.08. The van der Waals surface area contributed by atoms with Crippen LogP contribution < -0.4 is 5.46 Å². The topological polar surface area (TPSA) is 18.5 Å². The highest BCUT2D eigenvalue weighted by atomic mass is 16.7. The fraction of sp³-hybridized carbons (Fsp3) is 0.562. The molecule has 1 heterocycles. The lowest BCUT2D eigenvalue weighted by Crippen LogP contribution is -2.41. The van der Waals surface area contributed by atoms with E-state index in [2.05, 4.69) is 65.3 Å². The monoisotopic (exact) mass is 259 g/mol. The Morgan fingerprint density at radius 1 is 1.00 bits per heavy atom. The van der Waals surface area contributed by atoms with E-state index in [4.69, 9.17) is 9.31 Å². The smallest absolute Gasteiger partial charge is 0.399 e. The van der Waals surface area contributed by atoms with Gasteiger partial charge in [-0.05, 0) is 51.6 Å². The predicted octanol–water partition coefficient (Wildman–Crippen LogP) is 3.14. The predicted molar refractivity (Wildman–Crippen MR) is 80.5 cm³/mol. The van der Waals surface area contributed by atoms with Crippen molar-refractivity contribution in [1.29, 1.82) is 0 Å². The Morgan fingerprint density at radius 3 is 2.00 bits per heavy atom. The third-order valence-electron chi connectivity index (χ3n) is 4.17. The van der Waals surface area contributed by atoms with Gasteiger partial charge in [0.15, 0.2) is 0 Å². The zero-order chi connectivity index (χ0) is 14.1. The van der Waals surface area contributed by atoms with E-state index in [1.807, 2.05) is 0 Å². The molecule has 0 spiro atoms. The second kappa shape index (κ2) is 5.30. The molecule has 0 aromatic heterocycles. The van der Waals surface area contributed by atoms with Crippen molar-refractivity contribution in [3.8, 4) is 0 Å². The molecule has 103 valence electrons. The van der Waals surface area contributed by atoms with E-state index >= 15 is 0 Å². The van der Waals surface area contributed by atoms with E-state index in [-0.39, 0.29) is 18.3 Å². The molecule has 0 bridgehead atoms. The van der Waals surface area contributed by atoms with E-state index in [0.717, 1.165) is 18.3 Å². The van der Waals surface area contributed by atoms with Crippen molar-refractivity contribution in [3.05, 3.63) is 36.2 Å². The van der Waals surface area contributed by atoms with E-state index < -0.39 is 0 Å². The van der Waals surface area contributed by atoms with E-state index in [1.54, 1.807) is 0 Å². The maximum Gasteiger partial charge on any atom is 0.494 e. The van der Waals surface area contributed by atoms with Crippen LogP contribution in [0.4, 0.5) is 0 Å². The van der Waals surface area contributed by atoms with Crippen LogP contribution in [0, 0.1) is 6.42 Å². The van der Waals surface area contributed by atoms with Gasteiger partial charge in [0.2, 0.25) is 0 Å². The summed E-state index contributed by atoms with van der Waals surface area (Å²) in [5.74, 6) is 0. The number of rotatable bonds is 4. The molecule has 1 aliphatic rings. The minimum atomic E-state index is -0.272. The summed E-state index contributed by atoms with van der Waals surface area (Å²) >= 11 is 0. The van der Waals surface area contributed by atoms with Gasteiger partial charge in [0.1, 0.15) is 0 Å². The largest absolute Gasteiger partial charge is 0.494 e. The fourth-order valence-corrected chi connectivity index (χ4v) is 2.10. The highest BCUT2D eigenvalue weighted by Crippen LogP contribution is 2.36. The summed E-state index contributed by atoms with van der Waals surface area (Å²) in [6, 6.07) is 8.54. The van der Waals surface area contributed by atoms with Crippen LogP contribution in [-0.2, 0) is 15.7 Å². The van der Waals surface area contributed by atoms with Crippen molar-refractivity contribution in [2.45, 2.75) is 58.7 Å². The van der Waals surface area contributed by atoms with E-state index in [0.29, 0.717) is 0 Å². The van der Waals surface area contributed by atoms with Gasteiger partial charge >= 0.3 is 7.12 Å². The van der Waals surface area contributed by atoms with Crippen LogP contribution >= 0.6 is 0 Å². The van der Waals surface area contributed by atoms with Gasteiger partial charge in [0.05, 0.1) is 11.2 Å². The fourth-order valence-electron chi connectivity index (χ4n) is 2.10. The minimum absolute atomic E-state index is 0.255. The molecule has 0 atom stereocenters. The third kappa shape index (κ3) is 3.03. The molecule has 1 aromatic carbocycles. The van der Waals surface area contributed by atoms with Crippen LogP contribution in [0.25, 0.3) is 0 Å². The van der Waals surface area contributed by atoms with Crippen molar-refractivity contribution in [3.63, 3.8) is 0 Å². The first-order chi connectivity index (χ1) is 8.86. The summed E-state index contributed by atoms with van der Waals surface area (Å²) in [4.78, 5) is 0. The van der Waals surface area contributed by atoms with Crippen LogP contribution in [0.5, 0.6) is 0 Å². The van der Waals surface area contributed by atoms with Crippen molar-refractivity contribution in [2.24, 2.45) is 0 Å². The molecule has 0 unspecified atom stereocenters. The van der Waals surface area contributed by atoms with Crippen LogP contribution in [0.15, 0.2) is 24.3 Å². The highest BCUT2D eigenvalue weighted by molar-refractivity contribution is 6.62. The summed E-state index contributed by atoms with van der Waals surface area (Å²) in [5, 5.41) is 0. The summed E-state index contributed by atoms with van der Waals surface area (Å²) in [5.41, 5.74) is 1.89. The lowest BCUT2D eigenvalue weighted by molar-refractivity contribution is 0.00578. The van der Waals surface area contributed by atoms with Gasteiger partial charge in [0, 0.05) is 0 Å². The number of hydrogen-bond acceptors (Lipinski definition) is 2. The average Bonchev–Trinajstić information content (AvgIpc) is 2.56. The van der Waals surface area contributed by atoms with Crippen LogP contribution in [0.1, 0.15) is 46.6 Å². The van der Waals surface area contributed by atoms with Gasteiger partial charge in [-0.3, -0.25) is 0 Å². The normalized spacial score (nSPS) is 20.8. The number of benzene rings is 1. The minimum Gasteiger partial charge on any atom is -0.399 e. The molecule has 2 nitrogen and oxygen atoms in total. The molecule has 2 rings (SSSR count). The molecule has 1 aliphatic heterocycles. The maximum atomic E-state index is 6.04. The summed E-state index contributed by atoms with van der Waals surface area (Å²) in [6.07, 6.45) is 4.42. The lowest BCUT2D eigenvalue weighted by atomic mass is 9.78. The zero-order valence-corrected chi connectivity index (χ0v) is 12.7. The molecule has 0 aliphatic carbocycles. The Kier molecular flexibility index (Phi) is 4.07. The zero-order valence-electron chi connectivity index (χ0n) is 12.7.